The van der Waals surface area contributed by atoms with Gasteiger partial charge >= 0.3 is 0 Å². The van der Waals surface area contributed by atoms with Gasteiger partial charge in [-0.1, -0.05) is 30.9 Å². The van der Waals surface area contributed by atoms with Gasteiger partial charge in [-0.15, -0.1) is 0 Å². The summed E-state index contributed by atoms with van der Waals surface area (Å²) in [6.07, 6.45) is 7.96. The molecule has 1 saturated heterocycles. The number of amides is 1. The monoisotopic (exact) mass is 427 g/mol. The summed E-state index contributed by atoms with van der Waals surface area (Å²) in [4.78, 5) is 35.5. The number of hydrogen-bond donors (Lipinski definition) is 1. The highest BCUT2D eigenvalue weighted by Crippen LogP contribution is 2.40. The van der Waals surface area contributed by atoms with Gasteiger partial charge in [-0.3, -0.25) is 19.6 Å². The third-order valence-corrected chi connectivity index (χ3v) is 5.13. The number of aliphatic hydroxyl groups is 1. The van der Waals surface area contributed by atoms with Crippen molar-refractivity contribution in [2.24, 2.45) is 0 Å². The number of aromatic nitrogens is 2. The zero-order valence-electron chi connectivity index (χ0n) is 17.2. The summed E-state index contributed by atoms with van der Waals surface area (Å²) in [6, 6.07) is 13.1. The number of likely N-dealkylation sites (tertiary alicyclic amines) is 1. The van der Waals surface area contributed by atoms with Crippen molar-refractivity contribution in [3.8, 4) is 5.75 Å². The molecule has 3 aromatic rings. The molecule has 1 aliphatic heterocycles. The Morgan fingerprint density at radius 2 is 1.81 bits per heavy atom. The second-order valence-electron chi connectivity index (χ2n) is 7.19. The minimum absolute atomic E-state index is 0.0323. The maximum Gasteiger partial charge on any atom is 0.295 e. The van der Waals surface area contributed by atoms with E-state index in [1.54, 1.807) is 60.9 Å². The van der Waals surface area contributed by atoms with Gasteiger partial charge in [0.15, 0.2) is 0 Å². The van der Waals surface area contributed by atoms with Gasteiger partial charge in [-0.25, -0.2) is 0 Å². The van der Waals surface area contributed by atoms with E-state index < -0.39 is 17.7 Å². The van der Waals surface area contributed by atoms with E-state index in [2.05, 4.69) is 16.5 Å². The number of aliphatic hydroxyl groups excluding tert-OH is 1. The van der Waals surface area contributed by atoms with Crippen LogP contribution in [0.15, 0.2) is 91.5 Å². The maximum absolute atomic E-state index is 13.0. The molecule has 0 radical (unpaired) electrons. The molecular formula is C25H21N3O4. The van der Waals surface area contributed by atoms with E-state index in [-0.39, 0.29) is 17.9 Å². The molecule has 1 aromatic carbocycles. The molecule has 1 N–H and O–H groups in total. The Morgan fingerprint density at radius 1 is 1.06 bits per heavy atom. The molecule has 32 heavy (non-hydrogen) atoms. The van der Waals surface area contributed by atoms with Crippen LogP contribution in [0.3, 0.4) is 0 Å². The lowest BCUT2D eigenvalue weighted by Crippen LogP contribution is -2.29. The first kappa shape index (κ1) is 21.0. The maximum atomic E-state index is 13.0. The first-order valence-corrected chi connectivity index (χ1v) is 10.0. The van der Waals surface area contributed by atoms with E-state index >= 15 is 0 Å². The summed E-state index contributed by atoms with van der Waals surface area (Å²) in [5, 5.41) is 11.0. The summed E-state index contributed by atoms with van der Waals surface area (Å²) in [6.45, 7) is 4.16. The molecule has 7 nitrogen and oxygen atoms in total. The van der Waals surface area contributed by atoms with E-state index in [4.69, 9.17) is 4.74 Å². The van der Waals surface area contributed by atoms with E-state index in [9.17, 15) is 14.7 Å². The number of pyridine rings is 2. The lowest BCUT2D eigenvalue weighted by Gasteiger charge is -2.25. The fraction of sp³-hybridized carbons (Fsp3) is 0.120. The Kier molecular flexibility index (Phi) is 6.07. The smallest absolute Gasteiger partial charge is 0.295 e. The zero-order valence-corrected chi connectivity index (χ0v) is 17.2. The van der Waals surface area contributed by atoms with Gasteiger partial charge in [-0.2, -0.15) is 0 Å². The fourth-order valence-electron chi connectivity index (χ4n) is 3.64. The third kappa shape index (κ3) is 4.13. The average Bonchev–Trinajstić information content (AvgIpc) is 3.08. The summed E-state index contributed by atoms with van der Waals surface area (Å²) >= 11 is 0. The molecule has 1 unspecified atom stereocenters. The SMILES string of the molecule is C=CCOc1ccc(C2C(=C(O)c3ccncc3)C(=O)C(=O)N2Cc2cccnc2)cc1. The highest BCUT2D eigenvalue weighted by molar-refractivity contribution is 6.46. The minimum Gasteiger partial charge on any atom is -0.507 e. The van der Waals surface area contributed by atoms with Crippen LogP contribution < -0.4 is 4.74 Å². The molecule has 1 atom stereocenters. The number of hydrogen-bond acceptors (Lipinski definition) is 6. The average molecular weight is 427 g/mol. The van der Waals surface area contributed by atoms with Crippen LogP contribution in [0.5, 0.6) is 5.75 Å². The van der Waals surface area contributed by atoms with Crippen molar-refractivity contribution in [3.05, 3.63) is 108 Å². The number of ether oxygens (including phenoxy) is 1. The first-order valence-electron chi connectivity index (χ1n) is 10.0. The number of nitrogens with zero attached hydrogens (tertiary/aromatic N) is 3. The zero-order chi connectivity index (χ0) is 22.5. The predicted molar refractivity (Wildman–Crippen MR) is 118 cm³/mol. The molecular weight excluding hydrogens is 406 g/mol. The van der Waals surface area contributed by atoms with Crippen LogP contribution in [0.25, 0.3) is 5.76 Å². The number of Topliss-reactive ketones (excluding diaryl/α,β-unsaturated/α-hetero) is 1. The second-order valence-corrected chi connectivity index (χ2v) is 7.19. The normalized spacial score (nSPS) is 17.4. The van der Waals surface area contributed by atoms with Crippen molar-refractivity contribution < 1.29 is 19.4 Å². The Balaban J connectivity index is 1.80. The molecule has 7 heteroatoms. The van der Waals surface area contributed by atoms with E-state index in [0.29, 0.717) is 23.5 Å². The molecule has 1 fully saturated rings. The van der Waals surface area contributed by atoms with Crippen molar-refractivity contribution in [1.82, 2.24) is 14.9 Å². The van der Waals surface area contributed by atoms with Gasteiger partial charge in [0.2, 0.25) is 0 Å². The number of ketones is 1. The van der Waals surface area contributed by atoms with E-state index in [1.807, 2.05) is 6.07 Å². The lowest BCUT2D eigenvalue weighted by molar-refractivity contribution is -0.140. The number of benzene rings is 1. The van der Waals surface area contributed by atoms with Gasteiger partial charge in [0, 0.05) is 36.9 Å². The molecule has 0 aliphatic carbocycles. The Bertz CT molecular complexity index is 1160. The molecule has 0 spiro atoms. The first-order chi connectivity index (χ1) is 15.6. The van der Waals surface area contributed by atoms with Crippen molar-refractivity contribution >= 4 is 17.4 Å². The molecule has 0 bridgehead atoms. The Morgan fingerprint density at radius 3 is 2.47 bits per heavy atom. The van der Waals surface area contributed by atoms with Crippen molar-refractivity contribution in [3.63, 3.8) is 0 Å². The standard InChI is InChI=1S/C25H21N3O4/c1-2-14-32-20-7-5-18(6-8-20)22-21(23(29)19-9-12-26-13-10-19)24(30)25(31)28(22)16-17-4-3-11-27-15-17/h2-13,15,22,29H,1,14,16H2. The number of rotatable bonds is 7. The Hall–Kier alpha value is -4.26. The van der Waals surface area contributed by atoms with Gasteiger partial charge in [0.25, 0.3) is 11.7 Å². The minimum atomic E-state index is -0.767. The summed E-state index contributed by atoms with van der Waals surface area (Å²) in [5.41, 5.74) is 1.89. The highest BCUT2D eigenvalue weighted by Gasteiger charge is 2.46. The van der Waals surface area contributed by atoms with Crippen molar-refractivity contribution in [1.29, 1.82) is 0 Å². The van der Waals surface area contributed by atoms with Crippen molar-refractivity contribution in [2.45, 2.75) is 12.6 Å². The quantitative estimate of drug-likeness (QED) is 0.268. The van der Waals surface area contributed by atoms with E-state index in [0.717, 1.165) is 5.56 Å². The second kappa shape index (κ2) is 9.26. The molecule has 2 aromatic heterocycles. The summed E-state index contributed by atoms with van der Waals surface area (Å²) in [7, 11) is 0. The fourth-order valence-corrected chi connectivity index (χ4v) is 3.64. The molecule has 160 valence electrons. The molecule has 1 aliphatic rings. The van der Waals surface area contributed by atoms with Crippen LogP contribution in [-0.2, 0) is 16.1 Å². The van der Waals surface area contributed by atoms with Crippen LogP contribution in [0.4, 0.5) is 0 Å². The molecule has 1 amide bonds. The van der Waals surface area contributed by atoms with Gasteiger partial charge in [0.1, 0.15) is 18.1 Å². The topological polar surface area (TPSA) is 92.6 Å². The number of carbonyl (C=O) groups is 2. The lowest BCUT2D eigenvalue weighted by atomic mass is 9.95. The van der Waals surface area contributed by atoms with Gasteiger partial charge in [0.05, 0.1) is 11.6 Å². The van der Waals surface area contributed by atoms with Crippen LogP contribution in [0, 0.1) is 0 Å². The Labute approximate surface area is 185 Å². The molecule has 3 heterocycles. The summed E-state index contributed by atoms with van der Waals surface area (Å²) < 4.78 is 5.54. The largest absolute Gasteiger partial charge is 0.507 e. The molecule has 4 rings (SSSR count). The summed E-state index contributed by atoms with van der Waals surface area (Å²) in [5.74, 6) is -1.02. The number of carbonyl (C=O) groups excluding carboxylic acids is 2. The van der Waals surface area contributed by atoms with E-state index in [1.165, 1.54) is 17.3 Å². The highest BCUT2D eigenvalue weighted by atomic mass is 16.5. The van der Waals surface area contributed by atoms with Gasteiger partial charge < -0.3 is 14.7 Å². The van der Waals surface area contributed by atoms with Crippen LogP contribution >= 0.6 is 0 Å². The van der Waals surface area contributed by atoms with Crippen LogP contribution in [-0.4, -0.2) is 38.3 Å². The van der Waals surface area contributed by atoms with Crippen molar-refractivity contribution in [2.75, 3.05) is 6.61 Å². The van der Waals surface area contributed by atoms with Gasteiger partial charge in [-0.05, 0) is 41.5 Å². The predicted octanol–water partition coefficient (Wildman–Crippen LogP) is 3.66. The molecule has 0 saturated carbocycles. The van der Waals surface area contributed by atoms with Crippen LogP contribution in [0.2, 0.25) is 0 Å². The van der Waals surface area contributed by atoms with Crippen LogP contribution in [0.1, 0.15) is 22.7 Å². The third-order valence-electron chi connectivity index (χ3n) is 5.13.